The topological polar surface area (TPSA) is 33.1 Å². The lowest BCUT2D eigenvalue weighted by Gasteiger charge is -1.95. The number of nitrogens with zero attached hydrogens (tertiary/aromatic N) is 1. The summed E-state index contributed by atoms with van der Waals surface area (Å²) in [6.07, 6.45) is 4.01. The molecule has 1 aromatic heterocycles. The highest BCUT2D eigenvalue weighted by atomic mass is 35.5. The van der Waals surface area contributed by atoms with Gasteiger partial charge < -0.3 is 5.11 Å². The molecule has 0 unspecified atom stereocenters. The number of hydrogen-bond acceptors (Lipinski definition) is 2. The minimum atomic E-state index is -0.447. The monoisotopic (exact) mass is 187 g/mol. The van der Waals surface area contributed by atoms with E-state index in [0.29, 0.717) is 5.56 Å². The second kappa shape index (κ2) is 4.18. The van der Waals surface area contributed by atoms with Crippen molar-refractivity contribution in [2.24, 2.45) is 0 Å². The zero-order valence-corrected chi connectivity index (χ0v) is 6.92. The summed E-state index contributed by atoms with van der Waals surface area (Å²) in [5.74, 6) is -0.447. The van der Waals surface area contributed by atoms with Gasteiger partial charge in [0.15, 0.2) is 0 Å². The highest BCUT2D eigenvalue weighted by Gasteiger charge is 1.98. The van der Waals surface area contributed by atoms with Crippen molar-refractivity contribution in [2.45, 2.75) is 0 Å². The molecule has 0 saturated heterocycles. The third-order valence-corrected chi connectivity index (χ3v) is 1.55. The Kier molecular flexibility index (Phi) is 3.19. The molecule has 0 fully saturated rings. The van der Waals surface area contributed by atoms with E-state index in [1.807, 2.05) is 0 Å². The summed E-state index contributed by atoms with van der Waals surface area (Å²) < 4.78 is 12.6. The summed E-state index contributed by atoms with van der Waals surface area (Å²) in [6.45, 7) is -0.104. The van der Waals surface area contributed by atoms with Crippen LogP contribution in [0.4, 0.5) is 4.39 Å². The SMILES string of the molecule is OCC=Cc1cc(F)cnc1Cl. The smallest absolute Gasteiger partial charge is 0.142 e. The number of halogens is 2. The fourth-order valence-corrected chi connectivity index (χ4v) is 0.901. The van der Waals surface area contributed by atoms with Crippen molar-refractivity contribution in [3.8, 4) is 0 Å². The van der Waals surface area contributed by atoms with Gasteiger partial charge in [0.2, 0.25) is 0 Å². The molecule has 0 radical (unpaired) electrons. The molecular formula is C8H7ClFNO. The van der Waals surface area contributed by atoms with Crippen molar-refractivity contribution in [3.63, 3.8) is 0 Å². The van der Waals surface area contributed by atoms with Gasteiger partial charge in [0.1, 0.15) is 11.0 Å². The fraction of sp³-hybridized carbons (Fsp3) is 0.125. The zero-order valence-electron chi connectivity index (χ0n) is 6.17. The van der Waals surface area contributed by atoms with Gasteiger partial charge in [-0.25, -0.2) is 9.37 Å². The Bertz CT molecular complexity index is 301. The lowest BCUT2D eigenvalue weighted by molar-refractivity contribution is 0.343. The zero-order chi connectivity index (χ0) is 8.97. The molecule has 0 saturated carbocycles. The molecule has 64 valence electrons. The Morgan fingerprint density at radius 3 is 3.08 bits per heavy atom. The van der Waals surface area contributed by atoms with Crippen molar-refractivity contribution in [2.75, 3.05) is 6.61 Å². The molecule has 1 aromatic rings. The average molecular weight is 188 g/mol. The third kappa shape index (κ3) is 2.29. The second-order valence-corrected chi connectivity index (χ2v) is 2.48. The molecule has 0 aliphatic carbocycles. The molecule has 1 rings (SSSR count). The van der Waals surface area contributed by atoms with E-state index >= 15 is 0 Å². The van der Waals surface area contributed by atoms with Crippen LogP contribution in [-0.4, -0.2) is 16.7 Å². The first-order valence-corrected chi connectivity index (χ1v) is 3.70. The fourth-order valence-electron chi connectivity index (χ4n) is 0.735. The maximum absolute atomic E-state index is 12.6. The number of hydrogen-bond donors (Lipinski definition) is 1. The minimum Gasteiger partial charge on any atom is -0.392 e. The van der Waals surface area contributed by atoms with Gasteiger partial charge in [0.05, 0.1) is 12.8 Å². The van der Waals surface area contributed by atoms with E-state index in [-0.39, 0.29) is 11.8 Å². The number of pyridine rings is 1. The predicted octanol–water partition coefficient (Wildman–Crippen LogP) is 1.88. The molecule has 2 nitrogen and oxygen atoms in total. The average Bonchev–Trinajstić information content (AvgIpc) is 2.07. The minimum absolute atomic E-state index is 0.104. The molecule has 0 bridgehead atoms. The lowest BCUT2D eigenvalue weighted by atomic mass is 10.2. The Morgan fingerprint density at radius 1 is 1.67 bits per heavy atom. The van der Waals surface area contributed by atoms with Crippen molar-refractivity contribution in [1.82, 2.24) is 4.98 Å². The molecule has 4 heteroatoms. The molecule has 0 amide bonds. The van der Waals surface area contributed by atoms with E-state index in [1.165, 1.54) is 18.2 Å². The van der Waals surface area contributed by atoms with Gasteiger partial charge in [0, 0.05) is 5.56 Å². The quantitative estimate of drug-likeness (QED) is 0.718. The predicted molar refractivity (Wildman–Crippen MR) is 45.3 cm³/mol. The van der Waals surface area contributed by atoms with Crippen molar-refractivity contribution >= 4 is 17.7 Å². The van der Waals surface area contributed by atoms with Gasteiger partial charge in [-0.15, -0.1) is 0 Å². The van der Waals surface area contributed by atoms with Gasteiger partial charge in [0.25, 0.3) is 0 Å². The molecule has 0 aliphatic heterocycles. The van der Waals surface area contributed by atoms with E-state index in [1.54, 1.807) is 0 Å². The summed E-state index contributed by atoms with van der Waals surface area (Å²) >= 11 is 5.62. The van der Waals surface area contributed by atoms with Crippen LogP contribution >= 0.6 is 11.6 Å². The van der Waals surface area contributed by atoms with Gasteiger partial charge in [-0.2, -0.15) is 0 Å². The Hall–Kier alpha value is -0.930. The van der Waals surface area contributed by atoms with Gasteiger partial charge in [-0.05, 0) is 6.07 Å². The standard InChI is InChI=1S/C8H7ClFNO/c9-8-6(2-1-3-12)4-7(10)5-11-8/h1-2,4-5,12H,3H2. The first kappa shape index (κ1) is 9.16. The molecule has 1 N–H and O–H groups in total. The van der Waals surface area contributed by atoms with Crippen LogP contribution in [0.3, 0.4) is 0 Å². The number of aliphatic hydroxyl groups excluding tert-OH is 1. The largest absolute Gasteiger partial charge is 0.392 e. The van der Waals surface area contributed by atoms with E-state index in [0.717, 1.165) is 6.20 Å². The number of rotatable bonds is 2. The maximum atomic E-state index is 12.6. The molecule has 1 heterocycles. The molecule has 0 spiro atoms. The number of aromatic nitrogens is 1. The van der Waals surface area contributed by atoms with Crippen LogP contribution in [0.5, 0.6) is 0 Å². The number of aliphatic hydroxyl groups is 1. The van der Waals surface area contributed by atoms with Crippen LogP contribution in [0.15, 0.2) is 18.3 Å². The van der Waals surface area contributed by atoms with Crippen LogP contribution in [0, 0.1) is 5.82 Å². The Morgan fingerprint density at radius 2 is 2.42 bits per heavy atom. The highest BCUT2D eigenvalue weighted by molar-refractivity contribution is 6.30. The summed E-state index contributed by atoms with van der Waals surface area (Å²) in [6, 6.07) is 1.25. The Balaban J connectivity index is 2.97. The Labute approximate surface area is 74.3 Å². The van der Waals surface area contributed by atoms with Gasteiger partial charge in [-0.1, -0.05) is 23.8 Å². The second-order valence-electron chi connectivity index (χ2n) is 2.12. The molecule has 12 heavy (non-hydrogen) atoms. The van der Waals surface area contributed by atoms with E-state index in [4.69, 9.17) is 16.7 Å². The van der Waals surface area contributed by atoms with Gasteiger partial charge >= 0.3 is 0 Å². The first-order chi connectivity index (χ1) is 5.74. The van der Waals surface area contributed by atoms with Crippen LogP contribution in [0.25, 0.3) is 6.08 Å². The van der Waals surface area contributed by atoms with Crippen LogP contribution in [-0.2, 0) is 0 Å². The summed E-state index contributed by atoms with van der Waals surface area (Å²) in [5.41, 5.74) is 0.464. The lowest BCUT2D eigenvalue weighted by Crippen LogP contribution is -1.84. The molecule has 0 aliphatic rings. The third-order valence-electron chi connectivity index (χ3n) is 1.24. The first-order valence-electron chi connectivity index (χ1n) is 3.32. The highest BCUT2D eigenvalue weighted by Crippen LogP contribution is 2.14. The van der Waals surface area contributed by atoms with Crippen LogP contribution in [0.1, 0.15) is 5.56 Å². The van der Waals surface area contributed by atoms with Gasteiger partial charge in [-0.3, -0.25) is 0 Å². The normalized spacial score (nSPS) is 10.9. The van der Waals surface area contributed by atoms with Crippen LogP contribution < -0.4 is 0 Å². The van der Waals surface area contributed by atoms with Crippen molar-refractivity contribution < 1.29 is 9.50 Å². The van der Waals surface area contributed by atoms with Crippen molar-refractivity contribution in [3.05, 3.63) is 34.9 Å². The van der Waals surface area contributed by atoms with E-state index in [9.17, 15) is 4.39 Å². The molecular weight excluding hydrogens is 181 g/mol. The summed E-state index contributed by atoms with van der Waals surface area (Å²) in [4.78, 5) is 3.59. The summed E-state index contributed by atoms with van der Waals surface area (Å²) in [7, 11) is 0. The summed E-state index contributed by atoms with van der Waals surface area (Å²) in [5, 5.41) is 8.67. The van der Waals surface area contributed by atoms with Crippen molar-refractivity contribution in [1.29, 1.82) is 0 Å². The van der Waals surface area contributed by atoms with E-state index in [2.05, 4.69) is 4.98 Å². The molecule has 0 atom stereocenters. The molecule has 0 aromatic carbocycles. The van der Waals surface area contributed by atoms with E-state index < -0.39 is 5.82 Å². The van der Waals surface area contributed by atoms with Crippen LogP contribution in [0.2, 0.25) is 5.15 Å². The maximum Gasteiger partial charge on any atom is 0.142 e.